The van der Waals surface area contributed by atoms with Gasteiger partial charge in [0.15, 0.2) is 0 Å². The van der Waals surface area contributed by atoms with E-state index in [9.17, 15) is 9.59 Å². The van der Waals surface area contributed by atoms with Gasteiger partial charge in [-0.25, -0.2) is 0 Å². The molecule has 0 bridgehead atoms. The number of amides is 2. The number of methoxy groups -OCH3 is 1. The highest BCUT2D eigenvalue weighted by Gasteiger charge is 2.41. The van der Waals surface area contributed by atoms with Crippen LogP contribution in [-0.2, 0) is 16.1 Å². The number of carbonyl (C=O) groups is 2. The number of hydrogen-bond donors (Lipinski definition) is 1. The van der Waals surface area contributed by atoms with E-state index < -0.39 is 5.91 Å². The summed E-state index contributed by atoms with van der Waals surface area (Å²) in [7, 11) is 1.68. The molecule has 2 aliphatic heterocycles. The van der Waals surface area contributed by atoms with E-state index in [4.69, 9.17) is 10.5 Å². The monoisotopic (exact) mass is 359 g/mol. The molecule has 3 rings (SSSR count). The Morgan fingerprint density at radius 3 is 2.69 bits per heavy atom. The van der Waals surface area contributed by atoms with Crippen LogP contribution in [0.4, 0.5) is 0 Å². The number of nitrogens with two attached hydrogens (primary N) is 1. The summed E-state index contributed by atoms with van der Waals surface area (Å²) in [4.78, 5) is 27.9. The van der Waals surface area contributed by atoms with Gasteiger partial charge in [0, 0.05) is 50.7 Å². The number of carbonyl (C=O) groups excluding carboxylic acids is 2. The predicted molar refractivity (Wildman–Crippen MR) is 99.6 cm³/mol. The van der Waals surface area contributed by atoms with E-state index in [1.807, 2.05) is 17.0 Å². The molecule has 0 unspecified atom stereocenters. The van der Waals surface area contributed by atoms with E-state index in [-0.39, 0.29) is 11.3 Å². The first-order valence-corrected chi connectivity index (χ1v) is 9.39. The minimum atomic E-state index is -0.392. The summed E-state index contributed by atoms with van der Waals surface area (Å²) in [6.07, 6.45) is 3.96. The van der Waals surface area contributed by atoms with Gasteiger partial charge < -0.3 is 15.4 Å². The van der Waals surface area contributed by atoms with Crippen LogP contribution in [0, 0.1) is 5.41 Å². The fourth-order valence-corrected chi connectivity index (χ4v) is 4.32. The Balaban J connectivity index is 1.62. The topological polar surface area (TPSA) is 75.9 Å². The SMILES string of the molecule is COCCN1C[C@]2(CCCN(Cc3ccc(C(N)=O)cc3)C2)CCC1=O. The Kier molecular flexibility index (Phi) is 5.94. The third-order valence-electron chi connectivity index (χ3n) is 5.70. The van der Waals surface area contributed by atoms with Gasteiger partial charge in [-0.3, -0.25) is 14.5 Å². The van der Waals surface area contributed by atoms with Crippen LogP contribution >= 0.6 is 0 Å². The van der Waals surface area contributed by atoms with E-state index in [0.717, 1.165) is 39.0 Å². The summed E-state index contributed by atoms with van der Waals surface area (Å²) in [5.41, 5.74) is 7.25. The zero-order valence-corrected chi connectivity index (χ0v) is 15.6. The molecule has 1 spiro atoms. The van der Waals surface area contributed by atoms with Crippen molar-refractivity contribution in [3.8, 4) is 0 Å². The highest BCUT2D eigenvalue weighted by Crippen LogP contribution is 2.39. The number of primary amides is 1. The molecule has 1 atom stereocenters. The fourth-order valence-electron chi connectivity index (χ4n) is 4.32. The van der Waals surface area contributed by atoms with E-state index >= 15 is 0 Å². The predicted octanol–water partition coefficient (Wildman–Crippen LogP) is 1.64. The van der Waals surface area contributed by atoms with Crippen molar-refractivity contribution < 1.29 is 14.3 Å². The third kappa shape index (κ3) is 4.43. The van der Waals surface area contributed by atoms with Crippen molar-refractivity contribution in [3.63, 3.8) is 0 Å². The Bertz CT molecular complexity index is 646. The van der Waals surface area contributed by atoms with Gasteiger partial charge in [0.25, 0.3) is 0 Å². The van der Waals surface area contributed by atoms with Crippen molar-refractivity contribution in [2.24, 2.45) is 11.1 Å². The first-order valence-electron chi connectivity index (χ1n) is 9.39. The van der Waals surface area contributed by atoms with E-state index in [2.05, 4.69) is 4.90 Å². The molecule has 1 aromatic rings. The van der Waals surface area contributed by atoms with Crippen molar-refractivity contribution >= 4 is 11.8 Å². The fraction of sp³-hybridized carbons (Fsp3) is 0.600. The van der Waals surface area contributed by atoms with Crippen molar-refractivity contribution in [2.75, 3.05) is 39.9 Å². The summed E-state index contributed by atoms with van der Waals surface area (Å²) < 4.78 is 5.16. The largest absolute Gasteiger partial charge is 0.383 e. The molecule has 1 aromatic carbocycles. The number of ether oxygens (including phenoxy) is 1. The van der Waals surface area contributed by atoms with E-state index in [1.165, 1.54) is 12.0 Å². The van der Waals surface area contributed by atoms with Crippen LogP contribution in [0.2, 0.25) is 0 Å². The number of rotatable bonds is 6. The number of hydrogen-bond acceptors (Lipinski definition) is 4. The quantitative estimate of drug-likeness (QED) is 0.838. The molecule has 6 heteroatoms. The normalized spacial score (nSPS) is 24.2. The van der Waals surface area contributed by atoms with Gasteiger partial charge in [0.1, 0.15) is 0 Å². The van der Waals surface area contributed by atoms with Crippen molar-refractivity contribution in [3.05, 3.63) is 35.4 Å². The average Bonchev–Trinajstić information content (AvgIpc) is 2.63. The van der Waals surface area contributed by atoms with Crippen LogP contribution in [0.25, 0.3) is 0 Å². The van der Waals surface area contributed by atoms with Gasteiger partial charge >= 0.3 is 0 Å². The molecule has 0 saturated carbocycles. The summed E-state index contributed by atoms with van der Waals surface area (Å²) in [6, 6.07) is 7.56. The molecular weight excluding hydrogens is 330 g/mol. The van der Waals surface area contributed by atoms with E-state index in [0.29, 0.717) is 25.1 Å². The van der Waals surface area contributed by atoms with Gasteiger partial charge in [0.2, 0.25) is 11.8 Å². The third-order valence-corrected chi connectivity index (χ3v) is 5.70. The van der Waals surface area contributed by atoms with Crippen LogP contribution in [0.3, 0.4) is 0 Å². The van der Waals surface area contributed by atoms with Gasteiger partial charge in [-0.1, -0.05) is 12.1 Å². The lowest BCUT2D eigenvalue weighted by Gasteiger charge is -2.48. The Morgan fingerprint density at radius 1 is 1.23 bits per heavy atom. The van der Waals surface area contributed by atoms with E-state index in [1.54, 1.807) is 19.2 Å². The minimum absolute atomic E-state index is 0.201. The second-order valence-electron chi connectivity index (χ2n) is 7.68. The Labute approximate surface area is 155 Å². The molecule has 2 heterocycles. The molecule has 6 nitrogen and oxygen atoms in total. The Morgan fingerprint density at radius 2 is 2.00 bits per heavy atom. The van der Waals surface area contributed by atoms with Crippen LogP contribution < -0.4 is 5.73 Å². The Hall–Kier alpha value is -1.92. The van der Waals surface area contributed by atoms with Crippen LogP contribution in [0.5, 0.6) is 0 Å². The van der Waals surface area contributed by atoms with Crippen molar-refractivity contribution in [1.29, 1.82) is 0 Å². The smallest absolute Gasteiger partial charge is 0.248 e. The zero-order chi connectivity index (χ0) is 18.6. The number of nitrogens with zero attached hydrogens (tertiary/aromatic N) is 2. The molecule has 0 aliphatic carbocycles. The number of benzene rings is 1. The highest BCUT2D eigenvalue weighted by molar-refractivity contribution is 5.92. The zero-order valence-electron chi connectivity index (χ0n) is 15.6. The summed E-state index contributed by atoms with van der Waals surface area (Å²) >= 11 is 0. The molecule has 0 aromatic heterocycles. The van der Waals surface area contributed by atoms with Gasteiger partial charge in [-0.15, -0.1) is 0 Å². The number of likely N-dealkylation sites (tertiary alicyclic amines) is 2. The molecule has 0 radical (unpaired) electrons. The lowest BCUT2D eigenvalue weighted by atomic mass is 9.73. The summed E-state index contributed by atoms with van der Waals surface area (Å²) in [5.74, 6) is -0.136. The number of piperidine rings is 2. The lowest BCUT2D eigenvalue weighted by Crippen LogP contribution is -2.54. The molecule has 2 aliphatic rings. The average molecular weight is 359 g/mol. The van der Waals surface area contributed by atoms with Crippen molar-refractivity contribution in [1.82, 2.24) is 9.80 Å². The van der Waals surface area contributed by atoms with Crippen LogP contribution in [0.1, 0.15) is 41.6 Å². The minimum Gasteiger partial charge on any atom is -0.383 e. The maximum absolute atomic E-state index is 12.2. The van der Waals surface area contributed by atoms with Crippen LogP contribution in [-0.4, -0.2) is 61.5 Å². The maximum atomic E-state index is 12.2. The van der Waals surface area contributed by atoms with Gasteiger partial charge in [-0.2, -0.15) is 0 Å². The molecule has 2 fully saturated rings. The van der Waals surface area contributed by atoms with Gasteiger partial charge in [-0.05, 0) is 43.5 Å². The highest BCUT2D eigenvalue weighted by atomic mass is 16.5. The first kappa shape index (κ1) is 18.9. The first-order chi connectivity index (χ1) is 12.5. The molecule has 2 N–H and O–H groups in total. The molecule has 26 heavy (non-hydrogen) atoms. The van der Waals surface area contributed by atoms with Crippen molar-refractivity contribution in [2.45, 2.75) is 32.2 Å². The second-order valence-corrected chi connectivity index (χ2v) is 7.68. The standard InChI is InChI=1S/C20H29N3O3/c1-26-12-11-23-15-20(9-7-18(23)24)8-2-10-22(14-20)13-16-3-5-17(6-4-16)19(21)25/h3-6H,2,7-15H2,1H3,(H2,21,25)/t20-/m1/s1. The summed E-state index contributed by atoms with van der Waals surface area (Å²) in [5, 5.41) is 0. The molecule has 142 valence electrons. The second kappa shape index (κ2) is 8.18. The molecule has 2 saturated heterocycles. The van der Waals surface area contributed by atoms with Crippen LogP contribution in [0.15, 0.2) is 24.3 Å². The molecule has 2 amide bonds. The molecular formula is C20H29N3O3. The van der Waals surface area contributed by atoms with Gasteiger partial charge in [0.05, 0.1) is 6.61 Å². The summed E-state index contributed by atoms with van der Waals surface area (Å²) in [6.45, 7) is 5.08. The lowest BCUT2D eigenvalue weighted by molar-refractivity contribution is -0.140. The maximum Gasteiger partial charge on any atom is 0.248 e.